The van der Waals surface area contributed by atoms with Crippen LogP contribution in [-0.4, -0.2) is 33.5 Å². The van der Waals surface area contributed by atoms with Crippen molar-refractivity contribution in [3.8, 4) is 5.75 Å². The Morgan fingerprint density at radius 2 is 1.86 bits per heavy atom. The number of hydrogen-bond donors (Lipinski definition) is 2. The molecule has 2 aromatic carbocycles. The number of hydrogen-bond acceptors (Lipinski definition) is 6. The van der Waals surface area contributed by atoms with E-state index in [9.17, 15) is 18.0 Å². The molecule has 1 amide bonds. The largest absolute Gasteiger partial charge is 0.493 e. The molecule has 0 saturated heterocycles. The number of amides is 1. The fraction of sp³-hybridized carbons (Fsp3) is 0.263. The average molecular weight is 406 g/mol. The van der Waals surface area contributed by atoms with Gasteiger partial charge in [-0.05, 0) is 49.2 Å². The third-order valence-electron chi connectivity index (χ3n) is 3.72. The maximum atomic E-state index is 11.9. The van der Waals surface area contributed by atoms with E-state index in [2.05, 4.69) is 5.32 Å². The smallest absolute Gasteiger partial charge is 0.309 e. The normalized spacial score (nSPS) is 11.0. The van der Waals surface area contributed by atoms with Gasteiger partial charge in [0.1, 0.15) is 5.75 Å². The Hall–Kier alpha value is -2.91. The van der Waals surface area contributed by atoms with Crippen molar-refractivity contribution in [1.82, 2.24) is 0 Å². The van der Waals surface area contributed by atoms with E-state index in [4.69, 9.17) is 14.6 Å². The fourth-order valence-corrected chi connectivity index (χ4v) is 2.83. The van der Waals surface area contributed by atoms with Gasteiger partial charge in [0.15, 0.2) is 6.61 Å². The van der Waals surface area contributed by atoms with E-state index < -0.39 is 28.5 Å². The summed E-state index contributed by atoms with van der Waals surface area (Å²) < 4.78 is 33.1. The molecular weight excluding hydrogens is 384 g/mol. The van der Waals surface area contributed by atoms with Crippen molar-refractivity contribution >= 4 is 27.6 Å². The molecule has 0 aliphatic rings. The van der Waals surface area contributed by atoms with Crippen LogP contribution in [-0.2, 0) is 24.3 Å². The van der Waals surface area contributed by atoms with Crippen LogP contribution in [0.4, 0.5) is 5.69 Å². The number of nitrogens with one attached hydrogen (secondary N) is 1. The van der Waals surface area contributed by atoms with Crippen LogP contribution in [0.15, 0.2) is 47.4 Å². The van der Waals surface area contributed by atoms with Crippen LogP contribution in [0.25, 0.3) is 0 Å². The summed E-state index contributed by atoms with van der Waals surface area (Å²) in [5.41, 5.74) is 2.23. The van der Waals surface area contributed by atoms with E-state index in [-0.39, 0.29) is 23.6 Å². The molecule has 0 aliphatic heterocycles. The molecule has 0 radical (unpaired) electrons. The minimum Gasteiger partial charge on any atom is -0.493 e. The van der Waals surface area contributed by atoms with Gasteiger partial charge < -0.3 is 14.8 Å². The number of rotatable bonds is 8. The molecule has 3 N–H and O–H groups in total. The minimum absolute atomic E-state index is 0.0123. The van der Waals surface area contributed by atoms with Gasteiger partial charge in [0.05, 0.1) is 17.9 Å². The molecule has 0 bridgehead atoms. The zero-order valence-electron chi connectivity index (χ0n) is 15.6. The number of primary sulfonamides is 1. The van der Waals surface area contributed by atoms with Crippen molar-refractivity contribution in [2.24, 2.45) is 5.14 Å². The van der Waals surface area contributed by atoms with E-state index >= 15 is 0 Å². The Balaban J connectivity index is 1.76. The summed E-state index contributed by atoms with van der Waals surface area (Å²) in [5, 5.41) is 7.48. The second kappa shape index (κ2) is 9.34. The van der Waals surface area contributed by atoms with Crippen molar-refractivity contribution in [1.29, 1.82) is 0 Å². The first-order valence-electron chi connectivity index (χ1n) is 8.43. The third-order valence-corrected chi connectivity index (χ3v) is 4.63. The summed E-state index contributed by atoms with van der Waals surface area (Å²) in [6.45, 7) is 3.48. The number of nitrogens with two attached hydrogens (primary N) is 1. The van der Waals surface area contributed by atoms with Crippen LogP contribution >= 0.6 is 0 Å². The van der Waals surface area contributed by atoms with Crippen molar-refractivity contribution < 1.29 is 27.5 Å². The molecule has 150 valence electrons. The van der Waals surface area contributed by atoms with Gasteiger partial charge in [-0.1, -0.05) is 18.2 Å². The molecule has 0 fully saturated rings. The van der Waals surface area contributed by atoms with E-state index in [1.54, 1.807) is 0 Å². The molecule has 0 aliphatic carbocycles. The van der Waals surface area contributed by atoms with E-state index in [1.165, 1.54) is 24.3 Å². The molecule has 2 rings (SSSR count). The van der Waals surface area contributed by atoms with Crippen molar-refractivity contribution in [2.75, 3.05) is 18.5 Å². The van der Waals surface area contributed by atoms with Crippen LogP contribution in [0.5, 0.6) is 5.75 Å². The first kappa shape index (κ1) is 21.4. The number of benzene rings is 2. The van der Waals surface area contributed by atoms with Gasteiger partial charge in [0.2, 0.25) is 10.0 Å². The van der Waals surface area contributed by atoms with Gasteiger partial charge in [0, 0.05) is 5.69 Å². The average Bonchev–Trinajstić information content (AvgIpc) is 2.62. The predicted octanol–water partition coefficient (Wildman–Crippen LogP) is 1.90. The maximum Gasteiger partial charge on any atom is 0.309 e. The standard InChI is InChI=1S/C19H22N2O6S/c1-13-6-7-14(2)17(10-13)26-9-8-19(23)27-12-18(22)21-15-4-3-5-16(11-15)28(20,24)25/h3-7,10-11H,8-9,12H2,1-2H3,(H,21,22)(H2,20,24,25). The Kier molecular flexibility index (Phi) is 7.13. The Morgan fingerprint density at radius 3 is 2.57 bits per heavy atom. The van der Waals surface area contributed by atoms with Crippen molar-refractivity contribution in [3.05, 3.63) is 53.6 Å². The molecule has 0 spiro atoms. The lowest BCUT2D eigenvalue weighted by molar-refractivity contribution is -0.147. The molecule has 28 heavy (non-hydrogen) atoms. The molecule has 9 heteroatoms. The number of ether oxygens (including phenoxy) is 2. The molecule has 0 atom stereocenters. The first-order chi connectivity index (χ1) is 13.1. The number of esters is 1. The molecule has 0 saturated carbocycles. The number of sulfonamides is 1. The van der Waals surface area contributed by atoms with E-state index in [1.807, 2.05) is 32.0 Å². The zero-order chi connectivity index (χ0) is 20.7. The third kappa shape index (κ3) is 6.67. The highest BCUT2D eigenvalue weighted by molar-refractivity contribution is 7.89. The first-order valence-corrected chi connectivity index (χ1v) is 9.98. The SMILES string of the molecule is Cc1ccc(C)c(OCCC(=O)OCC(=O)Nc2cccc(S(N)(=O)=O)c2)c1. The summed E-state index contributed by atoms with van der Waals surface area (Å²) >= 11 is 0. The van der Waals surface area contributed by atoms with E-state index in [0.29, 0.717) is 5.75 Å². The van der Waals surface area contributed by atoms with Gasteiger partial charge in [-0.15, -0.1) is 0 Å². The number of anilines is 1. The van der Waals surface area contributed by atoms with E-state index in [0.717, 1.165) is 11.1 Å². The van der Waals surface area contributed by atoms with Gasteiger partial charge in [-0.3, -0.25) is 9.59 Å². The Morgan fingerprint density at radius 1 is 1.11 bits per heavy atom. The van der Waals surface area contributed by atoms with Crippen molar-refractivity contribution in [2.45, 2.75) is 25.2 Å². The quantitative estimate of drug-likeness (QED) is 0.645. The molecule has 2 aromatic rings. The monoisotopic (exact) mass is 406 g/mol. The summed E-state index contributed by atoms with van der Waals surface area (Å²) in [6, 6.07) is 11.2. The Labute approximate surface area is 163 Å². The summed E-state index contributed by atoms with van der Waals surface area (Å²) in [5.74, 6) is -0.491. The molecule has 0 unspecified atom stereocenters. The second-order valence-corrected chi connectivity index (χ2v) is 7.71. The van der Waals surface area contributed by atoms with Gasteiger partial charge in [-0.25, -0.2) is 13.6 Å². The predicted molar refractivity (Wildman–Crippen MR) is 103 cm³/mol. The molecule has 0 aromatic heterocycles. The van der Waals surface area contributed by atoms with Gasteiger partial charge in [-0.2, -0.15) is 0 Å². The highest BCUT2D eigenvalue weighted by Crippen LogP contribution is 2.19. The fourth-order valence-electron chi connectivity index (χ4n) is 2.27. The van der Waals surface area contributed by atoms with Crippen molar-refractivity contribution in [3.63, 3.8) is 0 Å². The van der Waals surface area contributed by atoms with Crippen LogP contribution < -0.4 is 15.2 Å². The molecular formula is C19H22N2O6S. The minimum atomic E-state index is -3.88. The lowest BCUT2D eigenvalue weighted by Gasteiger charge is -2.10. The van der Waals surface area contributed by atoms with Crippen LogP contribution in [0, 0.1) is 13.8 Å². The van der Waals surface area contributed by atoms with Crippen LogP contribution in [0.2, 0.25) is 0 Å². The highest BCUT2D eigenvalue weighted by atomic mass is 32.2. The highest BCUT2D eigenvalue weighted by Gasteiger charge is 2.11. The lowest BCUT2D eigenvalue weighted by Crippen LogP contribution is -2.22. The summed E-state index contributed by atoms with van der Waals surface area (Å²) in [6.07, 6.45) is -0.0123. The number of aryl methyl sites for hydroxylation is 2. The second-order valence-electron chi connectivity index (χ2n) is 6.15. The molecule has 0 heterocycles. The van der Waals surface area contributed by atoms with Gasteiger partial charge >= 0.3 is 5.97 Å². The Bertz CT molecular complexity index is 972. The number of carbonyl (C=O) groups excluding carboxylic acids is 2. The number of carbonyl (C=O) groups is 2. The lowest BCUT2D eigenvalue weighted by atomic mass is 10.1. The van der Waals surface area contributed by atoms with Crippen LogP contribution in [0.3, 0.4) is 0 Å². The summed E-state index contributed by atoms with van der Waals surface area (Å²) in [4.78, 5) is 23.5. The summed E-state index contributed by atoms with van der Waals surface area (Å²) in [7, 11) is -3.88. The van der Waals surface area contributed by atoms with Gasteiger partial charge in [0.25, 0.3) is 5.91 Å². The molecule has 8 nitrogen and oxygen atoms in total. The topological polar surface area (TPSA) is 125 Å². The zero-order valence-corrected chi connectivity index (χ0v) is 16.4. The maximum absolute atomic E-state index is 11.9. The van der Waals surface area contributed by atoms with Crippen LogP contribution in [0.1, 0.15) is 17.5 Å².